The van der Waals surface area contributed by atoms with Crippen LogP contribution in [-0.2, 0) is 11.3 Å². The number of aromatic nitrogens is 1. The topological polar surface area (TPSA) is 57.4 Å². The molecule has 1 unspecified atom stereocenters. The number of hydrogen-bond acceptors (Lipinski definition) is 4. The molecule has 1 atom stereocenters. The first-order chi connectivity index (χ1) is 9.19. The van der Waals surface area contributed by atoms with Crippen LogP contribution < -0.4 is 5.32 Å². The van der Waals surface area contributed by atoms with E-state index in [0.29, 0.717) is 11.7 Å². The van der Waals surface area contributed by atoms with E-state index in [2.05, 4.69) is 26.9 Å². The normalized spacial score (nSPS) is 17.6. The van der Waals surface area contributed by atoms with Crippen LogP contribution in [0.1, 0.15) is 35.9 Å². The van der Waals surface area contributed by atoms with Crippen molar-refractivity contribution in [2.45, 2.75) is 32.4 Å². The Kier molecular flexibility index (Phi) is 4.99. The first kappa shape index (κ1) is 14.1. The summed E-state index contributed by atoms with van der Waals surface area (Å²) >= 11 is 0. The van der Waals surface area contributed by atoms with Crippen molar-refractivity contribution in [1.82, 2.24) is 15.2 Å². The molecule has 0 spiro atoms. The molecule has 5 nitrogen and oxygen atoms in total. The SMILES string of the molecule is COC(=O)c1ccc(CNC(C)CN2CCCC2)[nH]1. The number of hydrogen-bond donors (Lipinski definition) is 2. The molecule has 1 fully saturated rings. The van der Waals surface area contributed by atoms with E-state index >= 15 is 0 Å². The largest absolute Gasteiger partial charge is 0.464 e. The third-order valence-corrected chi connectivity index (χ3v) is 3.52. The lowest BCUT2D eigenvalue weighted by Gasteiger charge is -2.21. The molecule has 19 heavy (non-hydrogen) atoms. The van der Waals surface area contributed by atoms with Gasteiger partial charge in [0.1, 0.15) is 5.69 Å². The minimum Gasteiger partial charge on any atom is -0.464 e. The highest BCUT2D eigenvalue weighted by molar-refractivity contribution is 5.87. The van der Waals surface area contributed by atoms with Crippen molar-refractivity contribution in [3.63, 3.8) is 0 Å². The van der Waals surface area contributed by atoms with Crippen molar-refractivity contribution in [3.05, 3.63) is 23.5 Å². The molecule has 2 heterocycles. The van der Waals surface area contributed by atoms with E-state index in [1.807, 2.05) is 6.07 Å². The first-order valence-corrected chi connectivity index (χ1v) is 6.91. The highest BCUT2D eigenvalue weighted by Crippen LogP contribution is 2.08. The molecule has 1 aliphatic rings. The van der Waals surface area contributed by atoms with Crippen LogP contribution >= 0.6 is 0 Å². The number of rotatable bonds is 6. The number of H-pyrrole nitrogens is 1. The van der Waals surface area contributed by atoms with E-state index in [-0.39, 0.29) is 5.97 Å². The molecule has 0 aromatic carbocycles. The van der Waals surface area contributed by atoms with Gasteiger partial charge in [-0.3, -0.25) is 0 Å². The number of nitrogens with one attached hydrogen (secondary N) is 2. The summed E-state index contributed by atoms with van der Waals surface area (Å²) in [5.41, 5.74) is 1.51. The van der Waals surface area contributed by atoms with Crippen molar-refractivity contribution < 1.29 is 9.53 Å². The Hall–Kier alpha value is -1.33. The van der Waals surface area contributed by atoms with Crippen molar-refractivity contribution in [2.75, 3.05) is 26.7 Å². The van der Waals surface area contributed by atoms with Crippen LogP contribution in [0.4, 0.5) is 0 Å². The number of methoxy groups -OCH3 is 1. The second-order valence-electron chi connectivity index (χ2n) is 5.18. The van der Waals surface area contributed by atoms with Gasteiger partial charge in [-0.2, -0.15) is 0 Å². The van der Waals surface area contributed by atoms with Crippen LogP contribution in [-0.4, -0.2) is 48.6 Å². The standard InChI is InChI=1S/C14H23N3O2/c1-11(10-17-7-3-4-8-17)15-9-12-5-6-13(16-12)14(18)19-2/h5-6,11,15-16H,3-4,7-10H2,1-2H3. The van der Waals surface area contributed by atoms with Gasteiger partial charge in [0, 0.05) is 24.8 Å². The lowest BCUT2D eigenvalue weighted by atomic mass is 10.3. The van der Waals surface area contributed by atoms with Crippen molar-refractivity contribution in [1.29, 1.82) is 0 Å². The zero-order valence-electron chi connectivity index (χ0n) is 11.7. The third kappa shape index (κ3) is 4.08. The highest BCUT2D eigenvalue weighted by Gasteiger charge is 2.14. The number of nitrogens with zero attached hydrogens (tertiary/aromatic N) is 1. The quantitative estimate of drug-likeness (QED) is 0.763. The van der Waals surface area contributed by atoms with Crippen LogP contribution in [0, 0.1) is 0 Å². The maximum Gasteiger partial charge on any atom is 0.354 e. The van der Waals surface area contributed by atoms with Crippen LogP contribution in [0.25, 0.3) is 0 Å². The Bertz CT molecular complexity index is 411. The minimum absolute atomic E-state index is 0.323. The number of likely N-dealkylation sites (tertiary alicyclic amines) is 1. The monoisotopic (exact) mass is 265 g/mol. The molecule has 0 radical (unpaired) electrons. The highest BCUT2D eigenvalue weighted by atomic mass is 16.5. The molecule has 1 aromatic heterocycles. The van der Waals surface area contributed by atoms with Gasteiger partial charge in [-0.15, -0.1) is 0 Å². The number of carbonyl (C=O) groups excluding carboxylic acids is 1. The van der Waals surface area contributed by atoms with E-state index in [1.54, 1.807) is 6.07 Å². The average molecular weight is 265 g/mol. The zero-order chi connectivity index (χ0) is 13.7. The molecule has 2 N–H and O–H groups in total. The number of carbonyl (C=O) groups is 1. The molecule has 106 valence electrons. The Morgan fingerprint density at radius 1 is 1.47 bits per heavy atom. The van der Waals surface area contributed by atoms with Crippen LogP contribution in [0.15, 0.2) is 12.1 Å². The Morgan fingerprint density at radius 2 is 2.21 bits per heavy atom. The van der Waals surface area contributed by atoms with Crippen LogP contribution in [0.2, 0.25) is 0 Å². The molecule has 0 bridgehead atoms. The Labute approximate surface area is 114 Å². The van der Waals surface area contributed by atoms with E-state index in [9.17, 15) is 4.79 Å². The van der Waals surface area contributed by atoms with Gasteiger partial charge < -0.3 is 19.9 Å². The lowest BCUT2D eigenvalue weighted by molar-refractivity contribution is 0.0594. The number of ether oxygens (including phenoxy) is 1. The van der Waals surface area contributed by atoms with Crippen molar-refractivity contribution in [2.24, 2.45) is 0 Å². The molecular weight excluding hydrogens is 242 g/mol. The number of esters is 1. The van der Waals surface area contributed by atoms with Crippen LogP contribution in [0.5, 0.6) is 0 Å². The van der Waals surface area contributed by atoms with E-state index < -0.39 is 0 Å². The molecule has 2 rings (SSSR count). The number of aromatic amines is 1. The second-order valence-corrected chi connectivity index (χ2v) is 5.18. The third-order valence-electron chi connectivity index (χ3n) is 3.52. The molecule has 1 saturated heterocycles. The summed E-state index contributed by atoms with van der Waals surface area (Å²) in [7, 11) is 1.39. The van der Waals surface area contributed by atoms with Gasteiger partial charge in [-0.05, 0) is 45.0 Å². The van der Waals surface area contributed by atoms with Gasteiger partial charge in [-0.25, -0.2) is 4.79 Å². The molecule has 0 amide bonds. The molecule has 0 saturated carbocycles. The molecule has 5 heteroatoms. The predicted molar refractivity (Wildman–Crippen MR) is 74.1 cm³/mol. The van der Waals surface area contributed by atoms with Gasteiger partial charge in [-0.1, -0.05) is 0 Å². The summed E-state index contributed by atoms with van der Waals surface area (Å²) < 4.78 is 4.67. The van der Waals surface area contributed by atoms with E-state index in [1.165, 1.54) is 33.0 Å². The average Bonchev–Trinajstić information content (AvgIpc) is 3.06. The van der Waals surface area contributed by atoms with Gasteiger partial charge >= 0.3 is 5.97 Å². The molecular formula is C14H23N3O2. The predicted octanol–water partition coefficient (Wildman–Crippen LogP) is 1.38. The first-order valence-electron chi connectivity index (χ1n) is 6.91. The smallest absolute Gasteiger partial charge is 0.354 e. The summed E-state index contributed by atoms with van der Waals surface area (Å²) in [5.74, 6) is -0.323. The fraction of sp³-hybridized carbons (Fsp3) is 0.643. The summed E-state index contributed by atoms with van der Waals surface area (Å²) in [5, 5.41) is 3.47. The zero-order valence-corrected chi connectivity index (χ0v) is 11.7. The fourth-order valence-corrected chi connectivity index (χ4v) is 2.47. The molecule has 1 aromatic rings. The van der Waals surface area contributed by atoms with Gasteiger partial charge in [0.15, 0.2) is 0 Å². The Morgan fingerprint density at radius 3 is 2.89 bits per heavy atom. The van der Waals surface area contributed by atoms with Gasteiger partial charge in [0.05, 0.1) is 7.11 Å². The summed E-state index contributed by atoms with van der Waals surface area (Å²) in [6.07, 6.45) is 2.65. The van der Waals surface area contributed by atoms with Gasteiger partial charge in [0.2, 0.25) is 0 Å². The van der Waals surface area contributed by atoms with E-state index in [4.69, 9.17) is 0 Å². The van der Waals surface area contributed by atoms with Crippen molar-refractivity contribution in [3.8, 4) is 0 Å². The summed E-state index contributed by atoms with van der Waals surface area (Å²) in [6.45, 7) is 6.47. The maximum absolute atomic E-state index is 11.3. The molecule has 0 aliphatic carbocycles. The maximum atomic E-state index is 11.3. The summed E-state index contributed by atoms with van der Waals surface area (Å²) in [6, 6.07) is 4.12. The van der Waals surface area contributed by atoms with Crippen LogP contribution in [0.3, 0.4) is 0 Å². The van der Waals surface area contributed by atoms with Crippen molar-refractivity contribution >= 4 is 5.97 Å². The Balaban J connectivity index is 1.74. The second kappa shape index (κ2) is 6.73. The molecule has 1 aliphatic heterocycles. The van der Waals surface area contributed by atoms with Gasteiger partial charge in [0.25, 0.3) is 0 Å². The van der Waals surface area contributed by atoms with E-state index in [0.717, 1.165) is 18.8 Å². The summed E-state index contributed by atoms with van der Waals surface area (Å²) in [4.78, 5) is 16.9. The minimum atomic E-state index is -0.323. The fourth-order valence-electron chi connectivity index (χ4n) is 2.47. The lowest BCUT2D eigenvalue weighted by Crippen LogP contribution is -2.37.